The summed E-state index contributed by atoms with van der Waals surface area (Å²) in [6.07, 6.45) is 3.65. The van der Waals surface area contributed by atoms with E-state index in [0.29, 0.717) is 5.69 Å². The molecule has 2 rings (SSSR count). The van der Waals surface area contributed by atoms with Crippen LogP contribution in [-0.2, 0) is 0 Å². The lowest BCUT2D eigenvalue weighted by Crippen LogP contribution is -2.04. The van der Waals surface area contributed by atoms with E-state index in [1.165, 1.54) is 19.3 Å². The highest BCUT2D eigenvalue weighted by atomic mass is 32.2. The molecule has 1 aromatic carbocycles. The van der Waals surface area contributed by atoms with Crippen molar-refractivity contribution < 1.29 is 0 Å². The van der Waals surface area contributed by atoms with Crippen molar-refractivity contribution in [3.8, 4) is 17.3 Å². The smallest absolute Gasteiger partial charge is 0.222 e. The van der Waals surface area contributed by atoms with E-state index in [2.05, 4.69) is 29.0 Å². The van der Waals surface area contributed by atoms with Crippen LogP contribution in [0.1, 0.15) is 31.7 Å². The number of benzene rings is 1. The molecule has 0 bridgehead atoms. The van der Waals surface area contributed by atoms with Crippen molar-refractivity contribution in [3.05, 3.63) is 29.8 Å². The van der Waals surface area contributed by atoms with Crippen LogP contribution in [0, 0.1) is 11.3 Å². The van der Waals surface area contributed by atoms with Crippen molar-refractivity contribution in [3.63, 3.8) is 0 Å². The van der Waals surface area contributed by atoms with E-state index >= 15 is 0 Å². The second-order valence-electron chi connectivity index (χ2n) is 4.89. The zero-order chi connectivity index (χ0) is 15.9. The number of nitrogens with two attached hydrogens (primary N) is 2. The van der Waals surface area contributed by atoms with Gasteiger partial charge in [0.2, 0.25) is 5.95 Å². The molecular formula is C16H19N5S. The van der Waals surface area contributed by atoms with Crippen LogP contribution in [0.5, 0.6) is 0 Å². The first-order chi connectivity index (χ1) is 10.7. The van der Waals surface area contributed by atoms with Gasteiger partial charge in [-0.05, 0) is 24.3 Å². The van der Waals surface area contributed by atoms with Crippen molar-refractivity contribution in [2.45, 2.75) is 31.1 Å². The second kappa shape index (κ2) is 7.66. The number of aromatic nitrogens is 2. The van der Waals surface area contributed by atoms with Crippen LogP contribution in [0.2, 0.25) is 0 Å². The Hall–Kier alpha value is -2.26. The van der Waals surface area contributed by atoms with Gasteiger partial charge >= 0.3 is 0 Å². The van der Waals surface area contributed by atoms with Gasteiger partial charge in [-0.15, -0.1) is 11.8 Å². The summed E-state index contributed by atoms with van der Waals surface area (Å²) in [7, 11) is 0. The zero-order valence-corrected chi connectivity index (χ0v) is 13.4. The molecule has 0 saturated heterocycles. The van der Waals surface area contributed by atoms with Crippen LogP contribution in [0.25, 0.3) is 11.3 Å². The first kappa shape index (κ1) is 16.1. The second-order valence-corrected chi connectivity index (χ2v) is 6.05. The van der Waals surface area contributed by atoms with Gasteiger partial charge in [-0.25, -0.2) is 4.98 Å². The summed E-state index contributed by atoms with van der Waals surface area (Å²) in [5, 5.41) is 9.27. The maximum Gasteiger partial charge on any atom is 0.222 e. The third-order valence-electron chi connectivity index (χ3n) is 3.19. The fraction of sp³-hybridized carbons (Fsp3) is 0.312. The number of hydrogen-bond acceptors (Lipinski definition) is 6. The fourth-order valence-corrected chi connectivity index (χ4v) is 3.06. The minimum atomic E-state index is 0.0764. The molecule has 114 valence electrons. The monoisotopic (exact) mass is 313 g/mol. The van der Waals surface area contributed by atoms with Crippen LogP contribution in [0.3, 0.4) is 0 Å². The number of nitrogen functional groups attached to an aromatic ring is 2. The van der Waals surface area contributed by atoms with Crippen molar-refractivity contribution in [2.75, 3.05) is 17.2 Å². The van der Waals surface area contributed by atoms with Crippen LogP contribution < -0.4 is 11.5 Å². The van der Waals surface area contributed by atoms with Gasteiger partial charge in [0.15, 0.2) is 0 Å². The molecule has 0 aliphatic carbocycles. The van der Waals surface area contributed by atoms with Crippen LogP contribution in [0.4, 0.5) is 11.8 Å². The standard InChI is InChI=1S/C16H19N5S/c1-2-3-4-8-22-12-7-5-6-11(9-12)14-13(10-17)15(18)21-16(19)20-14/h5-7,9H,2-4,8H2,1H3,(H4,18,19,20,21). The molecule has 0 aliphatic rings. The molecular weight excluding hydrogens is 294 g/mol. The average molecular weight is 313 g/mol. The van der Waals surface area contributed by atoms with Gasteiger partial charge < -0.3 is 11.5 Å². The van der Waals surface area contributed by atoms with Gasteiger partial charge in [0, 0.05) is 10.5 Å². The molecule has 0 spiro atoms. The molecule has 0 saturated carbocycles. The number of rotatable bonds is 6. The number of anilines is 2. The summed E-state index contributed by atoms with van der Waals surface area (Å²) >= 11 is 1.80. The van der Waals surface area contributed by atoms with E-state index in [0.717, 1.165) is 16.2 Å². The Labute approximate surface area is 134 Å². The number of hydrogen-bond donors (Lipinski definition) is 2. The van der Waals surface area contributed by atoms with Crippen LogP contribution >= 0.6 is 11.8 Å². The molecule has 0 fully saturated rings. The van der Waals surface area contributed by atoms with Gasteiger partial charge in [0.1, 0.15) is 17.5 Å². The Balaban J connectivity index is 2.28. The first-order valence-corrected chi connectivity index (χ1v) is 8.20. The van der Waals surface area contributed by atoms with Gasteiger partial charge in [0.05, 0.1) is 5.69 Å². The largest absolute Gasteiger partial charge is 0.382 e. The zero-order valence-electron chi connectivity index (χ0n) is 12.5. The molecule has 0 atom stereocenters. The Kier molecular flexibility index (Phi) is 5.61. The molecule has 2 aromatic rings. The van der Waals surface area contributed by atoms with Crippen LogP contribution in [-0.4, -0.2) is 15.7 Å². The van der Waals surface area contributed by atoms with E-state index in [4.69, 9.17) is 11.5 Å². The van der Waals surface area contributed by atoms with Crippen molar-refractivity contribution in [2.24, 2.45) is 0 Å². The topological polar surface area (TPSA) is 102 Å². The lowest BCUT2D eigenvalue weighted by atomic mass is 10.1. The third-order valence-corrected chi connectivity index (χ3v) is 4.27. The molecule has 1 aromatic heterocycles. The van der Waals surface area contributed by atoms with E-state index < -0.39 is 0 Å². The molecule has 1 heterocycles. The molecule has 6 heteroatoms. The molecule has 0 radical (unpaired) electrons. The van der Waals surface area contributed by atoms with Gasteiger partial charge in [-0.1, -0.05) is 31.9 Å². The Bertz CT molecular complexity index is 693. The fourth-order valence-electron chi connectivity index (χ4n) is 2.09. The van der Waals surface area contributed by atoms with E-state index in [-0.39, 0.29) is 17.3 Å². The lowest BCUT2D eigenvalue weighted by Gasteiger charge is -2.08. The highest BCUT2D eigenvalue weighted by Crippen LogP contribution is 2.29. The summed E-state index contributed by atoms with van der Waals surface area (Å²) in [5.41, 5.74) is 13.0. The summed E-state index contributed by atoms with van der Waals surface area (Å²) in [5.74, 6) is 1.27. The minimum absolute atomic E-state index is 0.0764. The van der Waals surface area contributed by atoms with Gasteiger partial charge in [-0.3, -0.25) is 0 Å². The SMILES string of the molecule is CCCCCSc1cccc(-c2nc(N)nc(N)c2C#N)c1. The molecule has 22 heavy (non-hydrogen) atoms. The lowest BCUT2D eigenvalue weighted by molar-refractivity contribution is 0.778. The molecule has 0 amide bonds. The highest BCUT2D eigenvalue weighted by molar-refractivity contribution is 7.99. The maximum absolute atomic E-state index is 9.27. The maximum atomic E-state index is 9.27. The molecule has 0 unspecified atom stereocenters. The quantitative estimate of drug-likeness (QED) is 0.625. The Morgan fingerprint density at radius 1 is 1.23 bits per heavy atom. The minimum Gasteiger partial charge on any atom is -0.382 e. The van der Waals surface area contributed by atoms with Crippen LogP contribution in [0.15, 0.2) is 29.2 Å². The van der Waals surface area contributed by atoms with Crippen molar-refractivity contribution >= 4 is 23.5 Å². The summed E-state index contributed by atoms with van der Waals surface area (Å²) < 4.78 is 0. The van der Waals surface area contributed by atoms with E-state index in [9.17, 15) is 5.26 Å². The van der Waals surface area contributed by atoms with Gasteiger partial charge in [-0.2, -0.15) is 10.2 Å². The predicted octanol–water partition coefficient (Wildman–Crippen LogP) is 3.46. The van der Waals surface area contributed by atoms with Crippen molar-refractivity contribution in [1.29, 1.82) is 5.26 Å². The first-order valence-electron chi connectivity index (χ1n) is 7.22. The molecule has 5 nitrogen and oxygen atoms in total. The normalized spacial score (nSPS) is 10.4. The predicted molar refractivity (Wildman–Crippen MR) is 91.3 cm³/mol. The number of nitrogens with zero attached hydrogens (tertiary/aromatic N) is 3. The molecule has 0 aliphatic heterocycles. The summed E-state index contributed by atoms with van der Waals surface area (Å²) in [6.45, 7) is 2.19. The Morgan fingerprint density at radius 3 is 2.77 bits per heavy atom. The number of nitriles is 1. The highest BCUT2D eigenvalue weighted by Gasteiger charge is 2.13. The summed E-state index contributed by atoms with van der Waals surface area (Å²) in [4.78, 5) is 9.17. The molecule has 4 N–H and O–H groups in total. The number of thioether (sulfide) groups is 1. The summed E-state index contributed by atoms with van der Waals surface area (Å²) in [6, 6.07) is 9.98. The Morgan fingerprint density at radius 2 is 2.05 bits per heavy atom. The van der Waals surface area contributed by atoms with E-state index in [1.807, 2.05) is 18.2 Å². The van der Waals surface area contributed by atoms with E-state index in [1.54, 1.807) is 11.8 Å². The average Bonchev–Trinajstić information content (AvgIpc) is 2.51. The van der Waals surface area contributed by atoms with Crippen molar-refractivity contribution in [1.82, 2.24) is 9.97 Å². The third kappa shape index (κ3) is 3.89. The number of unbranched alkanes of at least 4 members (excludes halogenated alkanes) is 2. The van der Waals surface area contributed by atoms with Gasteiger partial charge in [0.25, 0.3) is 0 Å².